The summed E-state index contributed by atoms with van der Waals surface area (Å²) in [5.74, 6) is 10.5. The van der Waals surface area contributed by atoms with Crippen LogP contribution >= 0.6 is 0 Å². The van der Waals surface area contributed by atoms with Gasteiger partial charge >= 0.3 is 5.97 Å². The van der Waals surface area contributed by atoms with E-state index < -0.39 is 0 Å². The van der Waals surface area contributed by atoms with Crippen LogP contribution in [-0.2, 0) is 105 Å². The third-order valence-electron chi connectivity index (χ3n) is 22.1. The monoisotopic (exact) mass is 2050 g/mol. The molecule has 0 fully saturated rings. The SMILES string of the molecule is CC(C)CCCCC(=O)C(C)C.CC(C)CCCCCOC(=O)C(C)C.CC(C)CCCCCOCC(=O)C(C)C.CC(C)CCCCCOCCC(=O)C(C)C.CC(C)CCCCOCC(=O)C(C)C.CC(C)CCOCC(=O)C(C)C.CC(C)CCOCCC(=O)C(C)C.CC(C)CCOCCCOCC(=O)C(C)C.CC(C)CCOCCOCC(=O)C(C)C.CC(C)CCOCCOCCC(=O)C(C)C. The molecule has 0 bridgehead atoms. The normalized spacial score (nSPS) is 11.3. The summed E-state index contributed by atoms with van der Waals surface area (Å²) in [6.07, 6.45) is 30.3. The first-order valence-corrected chi connectivity index (χ1v) is 57.1. The van der Waals surface area contributed by atoms with Crippen molar-refractivity contribution in [2.45, 2.75) is 457 Å². The van der Waals surface area contributed by atoms with Crippen LogP contribution in [0.15, 0.2) is 0 Å². The Balaban J connectivity index is -0.000000172. The molecular formula is C121H242O22. The van der Waals surface area contributed by atoms with Gasteiger partial charge in [-0.1, -0.05) is 360 Å². The lowest BCUT2D eigenvalue weighted by atomic mass is 10.0. The van der Waals surface area contributed by atoms with Crippen LogP contribution in [0.4, 0.5) is 0 Å². The van der Waals surface area contributed by atoms with Gasteiger partial charge in [0.25, 0.3) is 0 Å². The second kappa shape index (κ2) is 117. The minimum Gasteiger partial charge on any atom is -0.465 e. The predicted molar refractivity (Wildman–Crippen MR) is 601 cm³/mol. The van der Waals surface area contributed by atoms with Crippen molar-refractivity contribution in [3.8, 4) is 0 Å². The number of carbonyl (C=O) groups excluding carboxylic acids is 10. The van der Waals surface area contributed by atoms with Crippen LogP contribution in [0.5, 0.6) is 0 Å². The Morgan fingerprint density at radius 2 is 0.301 bits per heavy atom. The summed E-state index contributed by atoms with van der Waals surface area (Å²) < 4.78 is 63.6. The summed E-state index contributed by atoms with van der Waals surface area (Å²) >= 11 is 0. The first kappa shape index (κ1) is 159. The maximum Gasteiger partial charge on any atom is 0.308 e. The molecule has 0 N–H and O–H groups in total. The van der Waals surface area contributed by atoms with Crippen LogP contribution in [0.2, 0.25) is 0 Å². The minimum atomic E-state index is -0.0751. The van der Waals surface area contributed by atoms with Gasteiger partial charge in [-0.25, -0.2) is 0 Å². The van der Waals surface area contributed by atoms with Gasteiger partial charge in [0, 0.05) is 145 Å². The standard InChI is InChI=1S/C14H28O2.2C13H26O3.C13H26O2.C12H24O3.2C12H24O2.C11H22O2.C11H22O.C10H20O2/c1-12(2)8-6-5-7-10-16-11-9-14(15)13(3)4;1-11(2)5-7-15-9-10-16-8-6-13(14)12(3)4;1-11(2)6-9-15-7-5-8-16-10-13(14)12(3)4;1-11(2)8-6-5-7-9-15-10-13(14)12(3)4;1-10(2)5-6-14-7-8-15-9-12(13)11(3)4;1-10(2)7-5-6-8-14-9-12(13)11(3)4;1-10(2)8-6-5-7-9-14-12(13)11(3)4;1-9(2)5-7-13-8-6-11(12)10(3)4;1-9(2)7-5-6-8-11(12)10(3)4;1-8(2)5-6-12-7-10(11)9(3)4/h12-13H,5-11H2,1-4H3;2*11-12H,5-10H2,1-4H3;11-12H,5-10H2,1-4H3;10-11H,5-9H2,1-4H3;2*10-11H,5-9H2,1-4H3;9-10H,5-8H2,1-4H3;9-10H,5-8H2,1-4H3;8-9H,5-7H2,1-4H3. The summed E-state index contributed by atoms with van der Waals surface area (Å²) in [5, 5.41) is 0. The predicted octanol–water partition coefficient (Wildman–Crippen LogP) is 29.8. The number of unbranched alkanes of at least 4 members (excludes halogenated alkanes) is 8. The molecule has 0 aromatic carbocycles. The molecule has 0 aliphatic carbocycles. The zero-order chi connectivity index (χ0) is 112. The largest absolute Gasteiger partial charge is 0.465 e. The van der Waals surface area contributed by atoms with Crippen molar-refractivity contribution in [2.75, 3.05) is 152 Å². The summed E-state index contributed by atoms with van der Waals surface area (Å²) in [5.41, 5.74) is 0. The quantitative estimate of drug-likeness (QED) is 0.0404. The Labute approximate surface area is 885 Å². The van der Waals surface area contributed by atoms with Crippen molar-refractivity contribution in [3.63, 3.8) is 0 Å². The Hall–Kier alpha value is -3.94. The van der Waals surface area contributed by atoms with Crippen LogP contribution in [0.1, 0.15) is 457 Å². The van der Waals surface area contributed by atoms with Gasteiger partial charge in [-0.15, -0.1) is 0 Å². The van der Waals surface area contributed by atoms with Gasteiger partial charge < -0.3 is 56.8 Å². The summed E-state index contributed by atoms with van der Waals surface area (Å²) in [7, 11) is 0. The number of Topliss-reactive ketones (excluding diaryl/α,β-unsaturated/α-hetero) is 9. The fraction of sp³-hybridized carbons (Fsp3) is 0.917. The Morgan fingerprint density at radius 3 is 0.559 bits per heavy atom. The number of rotatable bonds is 82. The molecule has 0 unspecified atom stereocenters. The first-order valence-electron chi connectivity index (χ1n) is 57.1. The third kappa shape index (κ3) is 153. The molecule has 0 atom stereocenters. The number of esters is 1. The van der Waals surface area contributed by atoms with E-state index in [-0.39, 0.29) is 120 Å². The van der Waals surface area contributed by atoms with E-state index in [1.54, 1.807) is 0 Å². The van der Waals surface area contributed by atoms with Crippen molar-refractivity contribution in [1.29, 1.82) is 0 Å². The van der Waals surface area contributed by atoms with Gasteiger partial charge in [0.15, 0.2) is 28.9 Å². The van der Waals surface area contributed by atoms with Gasteiger partial charge in [0.1, 0.15) is 56.2 Å². The Kier molecular flexibility index (Phi) is 130. The van der Waals surface area contributed by atoms with Gasteiger partial charge in [-0.2, -0.15) is 0 Å². The zero-order valence-electron chi connectivity index (χ0n) is 102. The molecule has 0 aromatic heterocycles. The van der Waals surface area contributed by atoms with Crippen molar-refractivity contribution in [3.05, 3.63) is 0 Å². The molecule has 0 amide bonds. The number of ether oxygens (including phenoxy) is 12. The number of ketones is 9. The van der Waals surface area contributed by atoms with Crippen LogP contribution in [0.25, 0.3) is 0 Å². The van der Waals surface area contributed by atoms with E-state index in [9.17, 15) is 47.9 Å². The zero-order valence-corrected chi connectivity index (χ0v) is 102. The Morgan fingerprint density at radius 1 is 0.133 bits per heavy atom. The molecule has 0 saturated carbocycles. The molecule has 0 heterocycles. The fourth-order valence-electron chi connectivity index (χ4n) is 10.7. The fourth-order valence-corrected chi connectivity index (χ4v) is 10.7. The lowest BCUT2D eigenvalue weighted by molar-refractivity contribution is -0.147. The van der Waals surface area contributed by atoms with Crippen LogP contribution in [-0.4, -0.2) is 210 Å². The van der Waals surface area contributed by atoms with Crippen molar-refractivity contribution in [2.24, 2.45) is 118 Å². The van der Waals surface area contributed by atoms with Crippen molar-refractivity contribution in [1.82, 2.24) is 0 Å². The molecule has 858 valence electrons. The maximum atomic E-state index is 11.3. The molecule has 0 aliphatic rings. The topological polar surface area (TPSA) is 281 Å². The number of hydrogen-bond donors (Lipinski definition) is 0. The minimum absolute atomic E-state index is 0.00524. The summed E-state index contributed by atoms with van der Waals surface area (Å²) in [4.78, 5) is 112. The molecule has 22 nitrogen and oxygen atoms in total. The van der Waals surface area contributed by atoms with E-state index in [1.165, 1.54) is 83.5 Å². The average molecular weight is 2050 g/mol. The van der Waals surface area contributed by atoms with Gasteiger partial charge in [0.2, 0.25) is 0 Å². The highest BCUT2D eigenvalue weighted by Gasteiger charge is 2.16. The molecule has 0 rings (SSSR count). The average Bonchev–Trinajstić information content (AvgIpc) is 1.06. The third-order valence-corrected chi connectivity index (χ3v) is 22.1. The molecule has 0 saturated heterocycles. The molecule has 143 heavy (non-hydrogen) atoms. The van der Waals surface area contributed by atoms with Gasteiger partial charge in [-0.3, -0.25) is 47.9 Å². The highest BCUT2D eigenvalue weighted by atomic mass is 16.5. The lowest BCUT2D eigenvalue weighted by Crippen LogP contribution is -2.17. The second-order valence-electron chi connectivity index (χ2n) is 45.6. The van der Waals surface area contributed by atoms with Crippen LogP contribution < -0.4 is 0 Å². The van der Waals surface area contributed by atoms with E-state index in [0.717, 1.165) is 159 Å². The summed E-state index contributed by atoms with van der Waals surface area (Å²) in [6, 6.07) is 0. The second-order valence-corrected chi connectivity index (χ2v) is 45.6. The van der Waals surface area contributed by atoms with Crippen molar-refractivity contribution < 1.29 is 105 Å². The number of hydrogen-bond acceptors (Lipinski definition) is 22. The van der Waals surface area contributed by atoms with Crippen molar-refractivity contribution >= 4 is 58.0 Å². The summed E-state index contributed by atoms with van der Waals surface area (Å²) in [6.45, 7) is 95.7. The van der Waals surface area contributed by atoms with Crippen LogP contribution in [0, 0.1) is 118 Å². The van der Waals surface area contributed by atoms with E-state index in [1.807, 2.05) is 138 Å². The molecular weight excluding hydrogens is 1810 g/mol. The van der Waals surface area contributed by atoms with E-state index in [4.69, 9.17) is 56.8 Å². The van der Waals surface area contributed by atoms with E-state index in [0.29, 0.717) is 145 Å². The molecule has 0 spiro atoms. The highest BCUT2D eigenvalue weighted by Crippen LogP contribution is 2.16. The van der Waals surface area contributed by atoms with Gasteiger partial charge in [-0.05, 0) is 130 Å². The molecule has 0 aliphatic heterocycles. The first-order chi connectivity index (χ1) is 66.9. The van der Waals surface area contributed by atoms with E-state index in [2.05, 4.69) is 138 Å². The Bertz CT molecular complexity index is 2560. The lowest BCUT2D eigenvalue weighted by Gasteiger charge is -2.07. The number of carbonyl (C=O) groups is 10. The van der Waals surface area contributed by atoms with Crippen LogP contribution in [0.3, 0.4) is 0 Å². The smallest absolute Gasteiger partial charge is 0.308 e. The van der Waals surface area contributed by atoms with Gasteiger partial charge in [0.05, 0.1) is 58.8 Å². The van der Waals surface area contributed by atoms with E-state index >= 15 is 0 Å². The molecule has 0 radical (unpaired) electrons. The maximum absolute atomic E-state index is 11.3. The highest BCUT2D eigenvalue weighted by molar-refractivity contribution is 5.84. The molecule has 0 aromatic rings. The molecule has 22 heteroatoms.